The molecule has 0 saturated carbocycles. The largest absolute Gasteiger partial charge is 0.384 e. The van der Waals surface area contributed by atoms with E-state index in [1.165, 1.54) is 0 Å². The molecule has 0 spiro atoms. The topological polar surface area (TPSA) is 32.3 Å². The van der Waals surface area contributed by atoms with Crippen molar-refractivity contribution in [3.8, 4) is 23.7 Å². The van der Waals surface area contributed by atoms with Crippen molar-refractivity contribution in [1.29, 1.82) is 0 Å². The van der Waals surface area contributed by atoms with Crippen molar-refractivity contribution in [2.75, 3.05) is 20.2 Å². The standard InChI is InChI=1S/C7H9NO/c1-8-6-4-2-3-5-7-9/h8-9H,6-7H2,1H3. The molecule has 2 N–H and O–H groups in total. The lowest BCUT2D eigenvalue weighted by Crippen LogP contribution is -2.04. The number of hydrogen-bond acceptors (Lipinski definition) is 2. The Balaban J connectivity index is 3.36. The van der Waals surface area contributed by atoms with Crippen LogP contribution in [0.15, 0.2) is 0 Å². The highest BCUT2D eigenvalue weighted by molar-refractivity contribution is 5.26. The smallest absolute Gasteiger partial charge is 0.105 e. The lowest BCUT2D eigenvalue weighted by atomic mass is 10.5. The third-order valence-electron chi connectivity index (χ3n) is 0.583. The van der Waals surface area contributed by atoms with Crippen molar-refractivity contribution in [3.63, 3.8) is 0 Å². The monoisotopic (exact) mass is 123 g/mol. The zero-order chi connectivity index (χ0) is 6.95. The predicted molar refractivity (Wildman–Crippen MR) is 36.6 cm³/mol. The molecule has 0 rings (SSSR count). The molecule has 0 heterocycles. The van der Waals surface area contributed by atoms with E-state index in [4.69, 9.17) is 5.11 Å². The number of nitrogens with one attached hydrogen (secondary N) is 1. The molecular weight excluding hydrogens is 114 g/mol. The summed E-state index contributed by atoms with van der Waals surface area (Å²) in [7, 11) is 1.81. The van der Waals surface area contributed by atoms with Gasteiger partial charge >= 0.3 is 0 Å². The maximum absolute atomic E-state index is 8.17. The van der Waals surface area contributed by atoms with E-state index in [0.717, 1.165) is 0 Å². The highest BCUT2D eigenvalue weighted by atomic mass is 16.2. The fourth-order valence-corrected chi connectivity index (χ4v) is 0.260. The zero-order valence-corrected chi connectivity index (χ0v) is 5.36. The van der Waals surface area contributed by atoms with Crippen LogP contribution in [0.4, 0.5) is 0 Å². The lowest BCUT2D eigenvalue weighted by molar-refractivity contribution is 0.350. The van der Waals surface area contributed by atoms with Crippen LogP contribution in [0.3, 0.4) is 0 Å². The Bertz CT molecular complexity index is 165. The third kappa shape index (κ3) is 7.04. The van der Waals surface area contributed by atoms with E-state index >= 15 is 0 Å². The molecule has 9 heavy (non-hydrogen) atoms. The summed E-state index contributed by atoms with van der Waals surface area (Å²) in [6.45, 7) is 0.522. The van der Waals surface area contributed by atoms with Crippen LogP contribution in [-0.4, -0.2) is 25.3 Å². The molecule has 0 aliphatic heterocycles. The summed E-state index contributed by atoms with van der Waals surface area (Å²) in [5.74, 6) is 10.2. The Morgan fingerprint density at radius 3 is 2.56 bits per heavy atom. The fraction of sp³-hybridized carbons (Fsp3) is 0.429. The average Bonchev–Trinajstić information content (AvgIpc) is 1.89. The highest BCUT2D eigenvalue weighted by Gasteiger charge is 1.62. The van der Waals surface area contributed by atoms with Gasteiger partial charge in [0.15, 0.2) is 0 Å². The minimum absolute atomic E-state index is 0.117. The van der Waals surface area contributed by atoms with Crippen molar-refractivity contribution in [1.82, 2.24) is 5.32 Å². The van der Waals surface area contributed by atoms with Crippen LogP contribution in [0.5, 0.6) is 0 Å². The average molecular weight is 123 g/mol. The summed E-state index contributed by atoms with van der Waals surface area (Å²) in [6.07, 6.45) is 0. The van der Waals surface area contributed by atoms with Crippen LogP contribution in [-0.2, 0) is 0 Å². The second kappa shape index (κ2) is 7.04. The fourth-order valence-electron chi connectivity index (χ4n) is 0.260. The van der Waals surface area contributed by atoms with E-state index < -0.39 is 0 Å². The SMILES string of the molecule is CNCC#CC#CCO. The van der Waals surface area contributed by atoms with Gasteiger partial charge in [-0.25, -0.2) is 0 Å². The second-order valence-corrected chi connectivity index (χ2v) is 1.29. The Morgan fingerprint density at radius 2 is 2.00 bits per heavy atom. The van der Waals surface area contributed by atoms with Gasteiger partial charge in [0.05, 0.1) is 6.54 Å². The Kier molecular flexibility index (Phi) is 6.29. The minimum Gasteiger partial charge on any atom is -0.384 e. The van der Waals surface area contributed by atoms with Gasteiger partial charge in [0.2, 0.25) is 0 Å². The van der Waals surface area contributed by atoms with Crippen molar-refractivity contribution >= 4 is 0 Å². The first-order chi connectivity index (χ1) is 4.41. The van der Waals surface area contributed by atoms with Crippen molar-refractivity contribution in [3.05, 3.63) is 0 Å². The molecular formula is C7H9NO. The summed E-state index contributed by atoms with van der Waals surface area (Å²) in [6, 6.07) is 0. The molecule has 0 atom stereocenters. The van der Waals surface area contributed by atoms with Gasteiger partial charge in [0.1, 0.15) is 6.61 Å². The summed E-state index contributed by atoms with van der Waals surface area (Å²) in [5.41, 5.74) is 0. The molecule has 0 amide bonds. The van der Waals surface area contributed by atoms with E-state index in [9.17, 15) is 0 Å². The number of hydrogen-bond donors (Lipinski definition) is 2. The van der Waals surface area contributed by atoms with E-state index in [-0.39, 0.29) is 6.61 Å². The number of aliphatic hydroxyl groups excluding tert-OH is 1. The minimum atomic E-state index is -0.117. The molecule has 0 aromatic heterocycles. The second-order valence-electron chi connectivity index (χ2n) is 1.29. The van der Waals surface area contributed by atoms with E-state index in [1.807, 2.05) is 7.05 Å². The van der Waals surface area contributed by atoms with Crippen LogP contribution >= 0.6 is 0 Å². The van der Waals surface area contributed by atoms with Crippen LogP contribution in [0.25, 0.3) is 0 Å². The van der Waals surface area contributed by atoms with Gasteiger partial charge in [-0.3, -0.25) is 0 Å². The molecule has 2 heteroatoms. The predicted octanol–water partition coefficient (Wildman–Crippen LogP) is -0.795. The van der Waals surface area contributed by atoms with Gasteiger partial charge in [0, 0.05) is 0 Å². The summed E-state index contributed by atoms with van der Waals surface area (Å²) >= 11 is 0. The molecule has 48 valence electrons. The molecule has 0 aromatic rings. The van der Waals surface area contributed by atoms with E-state index in [0.29, 0.717) is 6.54 Å². The molecule has 2 nitrogen and oxygen atoms in total. The van der Waals surface area contributed by atoms with Crippen LogP contribution in [0, 0.1) is 23.7 Å². The maximum atomic E-state index is 8.17. The number of rotatable bonds is 1. The summed E-state index contributed by atoms with van der Waals surface area (Å²) in [4.78, 5) is 0. The molecule has 0 aromatic carbocycles. The van der Waals surface area contributed by atoms with Gasteiger partial charge in [-0.05, 0) is 18.9 Å². The van der Waals surface area contributed by atoms with Gasteiger partial charge in [-0.1, -0.05) is 11.8 Å². The van der Waals surface area contributed by atoms with Crippen LogP contribution in [0.1, 0.15) is 0 Å². The molecule has 0 aliphatic rings. The maximum Gasteiger partial charge on any atom is 0.105 e. The Labute approximate surface area is 55.3 Å². The third-order valence-corrected chi connectivity index (χ3v) is 0.583. The quantitative estimate of drug-likeness (QED) is 0.448. The Hall–Kier alpha value is -0.960. The first kappa shape index (κ1) is 8.04. The normalized spacial score (nSPS) is 6.44. The number of aliphatic hydroxyl groups is 1. The van der Waals surface area contributed by atoms with Crippen molar-refractivity contribution < 1.29 is 5.11 Å². The van der Waals surface area contributed by atoms with E-state index in [1.54, 1.807) is 0 Å². The molecule has 0 unspecified atom stereocenters. The molecule has 0 radical (unpaired) electrons. The van der Waals surface area contributed by atoms with Crippen LogP contribution in [0.2, 0.25) is 0 Å². The van der Waals surface area contributed by atoms with Gasteiger partial charge < -0.3 is 10.4 Å². The van der Waals surface area contributed by atoms with Crippen LogP contribution < -0.4 is 5.32 Å². The van der Waals surface area contributed by atoms with Gasteiger partial charge in [-0.15, -0.1) is 0 Å². The zero-order valence-electron chi connectivity index (χ0n) is 5.36. The lowest BCUT2D eigenvalue weighted by Gasteiger charge is -1.78. The molecule has 0 aliphatic carbocycles. The van der Waals surface area contributed by atoms with Crippen molar-refractivity contribution in [2.45, 2.75) is 0 Å². The highest BCUT2D eigenvalue weighted by Crippen LogP contribution is 1.53. The first-order valence-corrected chi connectivity index (χ1v) is 2.63. The molecule has 0 fully saturated rings. The molecule has 0 saturated heterocycles. The van der Waals surface area contributed by atoms with Crippen molar-refractivity contribution in [2.24, 2.45) is 0 Å². The van der Waals surface area contributed by atoms with Gasteiger partial charge in [0.25, 0.3) is 0 Å². The summed E-state index contributed by atoms with van der Waals surface area (Å²) < 4.78 is 0. The van der Waals surface area contributed by atoms with E-state index in [2.05, 4.69) is 29.0 Å². The molecule has 0 bridgehead atoms. The Morgan fingerprint density at radius 1 is 1.33 bits per heavy atom. The first-order valence-electron chi connectivity index (χ1n) is 2.63. The van der Waals surface area contributed by atoms with Gasteiger partial charge in [-0.2, -0.15) is 0 Å². The summed E-state index contributed by atoms with van der Waals surface area (Å²) in [5, 5.41) is 11.0.